The van der Waals surface area contributed by atoms with E-state index < -0.39 is 0 Å². The lowest BCUT2D eigenvalue weighted by Gasteiger charge is -2.27. The number of fused-ring (bicyclic) bond motifs is 10. The third kappa shape index (κ3) is 4.70. The summed E-state index contributed by atoms with van der Waals surface area (Å²) in [4.78, 5) is 2.35. The lowest BCUT2D eigenvalue weighted by molar-refractivity contribution is 0.664. The quantitative estimate of drug-likeness (QED) is 0.176. The van der Waals surface area contributed by atoms with Crippen LogP contribution in [0.1, 0.15) is 0 Å². The van der Waals surface area contributed by atoms with Crippen LogP contribution in [0, 0.1) is 0 Å². The van der Waals surface area contributed by atoms with Gasteiger partial charge in [-0.15, -0.1) is 11.3 Å². The monoisotopic (exact) mass is 733 g/mol. The van der Waals surface area contributed by atoms with Gasteiger partial charge in [0, 0.05) is 75.7 Å². The van der Waals surface area contributed by atoms with E-state index in [1.165, 1.54) is 42.1 Å². The summed E-state index contributed by atoms with van der Waals surface area (Å²) >= 11 is 1.84. The molecular weight excluding hydrogens is 703 g/mol. The van der Waals surface area contributed by atoms with E-state index in [-0.39, 0.29) is 0 Å². The average molecular weight is 734 g/mol. The first-order valence-corrected chi connectivity index (χ1v) is 19.7. The molecule has 3 heterocycles. The summed E-state index contributed by atoms with van der Waals surface area (Å²) in [6, 6.07) is 67.0. The molecule has 3 nitrogen and oxygen atoms in total. The number of hydrogen-bond donors (Lipinski definition) is 0. The highest BCUT2D eigenvalue weighted by atomic mass is 32.1. The average Bonchev–Trinajstić information content (AvgIpc) is 3.95. The predicted molar refractivity (Wildman–Crippen MR) is 237 cm³/mol. The molecule has 0 fully saturated rings. The van der Waals surface area contributed by atoms with Crippen molar-refractivity contribution in [2.75, 3.05) is 4.90 Å². The predicted octanol–water partition coefficient (Wildman–Crippen LogP) is 15.8. The molecule has 0 atom stereocenters. The Hall–Kier alpha value is -7.14. The van der Waals surface area contributed by atoms with Crippen LogP contribution in [0.25, 0.3) is 97.1 Å². The molecule has 0 bridgehead atoms. The first-order valence-electron chi connectivity index (χ1n) is 18.9. The SMILES string of the molecule is c1ccc(-c2ccc(N(c3ccc4c(c3)oc3c(-c5cccc6c5sc5ccccc56)c5c(cc34)oc3ccccc35)c3cccc4ccccc34)cc2)cc1. The van der Waals surface area contributed by atoms with Crippen molar-refractivity contribution in [2.24, 2.45) is 0 Å². The maximum absolute atomic E-state index is 7.15. The summed E-state index contributed by atoms with van der Waals surface area (Å²) in [6.07, 6.45) is 0. The largest absolute Gasteiger partial charge is 0.456 e. The molecule has 0 N–H and O–H groups in total. The van der Waals surface area contributed by atoms with E-state index in [0.29, 0.717) is 0 Å². The molecule has 0 aliphatic heterocycles. The third-order valence-electron chi connectivity index (χ3n) is 11.3. The van der Waals surface area contributed by atoms with E-state index in [1.807, 2.05) is 17.4 Å². The van der Waals surface area contributed by atoms with E-state index >= 15 is 0 Å². The van der Waals surface area contributed by atoms with Gasteiger partial charge < -0.3 is 13.7 Å². The molecule has 0 saturated carbocycles. The van der Waals surface area contributed by atoms with Gasteiger partial charge in [-0.25, -0.2) is 0 Å². The molecule has 0 radical (unpaired) electrons. The second-order valence-electron chi connectivity index (χ2n) is 14.4. The molecule has 3 aromatic heterocycles. The molecular formula is C52H31NO2S. The van der Waals surface area contributed by atoms with Crippen LogP contribution >= 0.6 is 11.3 Å². The Morgan fingerprint density at radius 2 is 1.11 bits per heavy atom. The number of para-hydroxylation sites is 1. The van der Waals surface area contributed by atoms with Crippen LogP contribution in [0.2, 0.25) is 0 Å². The van der Waals surface area contributed by atoms with Gasteiger partial charge in [0.2, 0.25) is 0 Å². The van der Waals surface area contributed by atoms with Crippen LogP contribution < -0.4 is 4.90 Å². The van der Waals surface area contributed by atoms with E-state index in [4.69, 9.17) is 8.83 Å². The Kier molecular flexibility index (Phi) is 6.80. The normalized spacial score (nSPS) is 11.9. The highest BCUT2D eigenvalue weighted by Gasteiger charge is 2.24. The summed E-state index contributed by atoms with van der Waals surface area (Å²) in [7, 11) is 0. The number of furan rings is 2. The van der Waals surface area contributed by atoms with Gasteiger partial charge in [-0.3, -0.25) is 0 Å². The minimum absolute atomic E-state index is 0.824. The number of rotatable bonds is 5. The number of anilines is 3. The molecule has 12 rings (SSSR count). The Labute approximate surface area is 325 Å². The van der Waals surface area contributed by atoms with Crippen LogP contribution in [0.3, 0.4) is 0 Å². The molecule has 4 heteroatoms. The van der Waals surface area contributed by atoms with E-state index in [2.05, 4.69) is 187 Å². The van der Waals surface area contributed by atoms with E-state index in [9.17, 15) is 0 Å². The van der Waals surface area contributed by atoms with Crippen molar-refractivity contribution in [1.82, 2.24) is 0 Å². The minimum atomic E-state index is 0.824. The smallest absolute Gasteiger partial charge is 0.144 e. The molecule has 56 heavy (non-hydrogen) atoms. The maximum atomic E-state index is 7.15. The Balaban J connectivity index is 1.12. The van der Waals surface area contributed by atoms with Gasteiger partial charge in [0.15, 0.2) is 0 Å². The van der Waals surface area contributed by atoms with Crippen LogP contribution in [0.5, 0.6) is 0 Å². The molecule has 0 unspecified atom stereocenters. The fourth-order valence-corrected chi connectivity index (χ4v) is 9.93. The highest BCUT2D eigenvalue weighted by molar-refractivity contribution is 7.26. The van der Waals surface area contributed by atoms with Gasteiger partial charge in [0.05, 0.1) is 5.69 Å². The van der Waals surface area contributed by atoms with Crippen molar-refractivity contribution in [3.63, 3.8) is 0 Å². The summed E-state index contributed by atoms with van der Waals surface area (Å²) in [5.74, 6) is 0. The summed E-state index contributed by atoms with van der Waals surface area (Å²) < 4.78 is 16.3. The Morgan fingerprint density at radius 3 is 2.00 bits per heavy atom. The molecule has 0 saturated heterocycles. The van der Waals surface area contributed by atoms with Gasteiger partial charge in [-0.1, -0.05) is 133 Å². The van der Waals surface area contributed by atoms with Crippen LogP contribution in [0.15, 0.2) is 197 Å². The second kappa shape index (κ2) is 12.2. The van der Waals surface area contributed by atoms with Crippen molar-refractivity contribution in [1.29, 1.82) is 0 Å². The summed E-state index contributed by atoms with van der Waals surface area (Å²) in [5.41, 5.74) is 11.2. The number of benzene rings is 9. The highest BCUT2D eigenvalue weighted by Crippen LogP contribution is 2.50. The molecule has 0 amide bonds. The molecule has 0 spiro atoms. The standard InChI is InChI=1S/C52H31NO2S/c1-2-12-32(13-3-1)33-24-26-35(27-25-33)53(44-21-10-15-34-14-4-5-16-37(34)44)36-28-29-38-43-31-47-49(41-18-6-8-22-45(41)54-47)50(51(43)55-46(38)30-36)42-20-11-19-40-39-17-7-9-23-48(39)56-52(40)42/h1-31H. The van der Waals surface area contributed by atoms with Gasteiger partial charge in [-0.2, -0.15) is 0 Å². The van der Waals surface area contributed by atoms with E-state index in [0.717, 1.165) is 72.1 Å². The fourth-order valence-electron chi connectivity index (χ4n) is 8.71. The third-order valence-corrected chi connectivity index (χ3v) is 12.5. The van der Waals surface area contributed by atoms with Crippen molar-refractivity contribution >= 4 is 103 Å². The molecule has 262 valence electrons. The van der Waals surface area contributed by atoms with Crippen molar-refractivity contribution in [2.45, 2.75) is 0 Å². The first-order chi connectivity index (χ1) is 27.8. The number of thiophene rings is 1. The molecule has 12 aromatic rings. The van der Waals surface area contributed by atoms with Crippen molar-refractivity contribution in [3.05, 3.63) is 188 Å². The lowest BCUT2D eigenvalue weighted by atomic mass is 9.95. The van der Waals surface area contributed by atoms with Gasteiger partial charge >= 0.3 is 0 Å². The van der Waals surface area contributed by atoms with E-state index in [1.54, 1.807) is 0 Å². The fraction of sp³-hybridized carbons (Fsp3) is 0. The molecule has 0 aliphatic rings. The summed E-state index contributed by atoms with van der Waals surface area (Å²) in [5, 5.41) is 9.14. The summed E-state index contributed by atoms with van der Waals surface area (Å²) in [6.45, 7) is 0. The Bertz CT molecular complexity index is 3480. The lowest BCUT2D eigenvalue weighted by Crippen LogP contribution is -2.10. The van der Waals surface area contributed by atoms with Crippen LogP contribution in [-0.2, 0) is 0 Å². The van der Waals surface area contributed by atoms with Gasteiger partial charge in [-0.05, 0) is 65.0 Å². The zero-order valence-electron chi connectivity index (χ0n) is 30.1. The minimum Gasteiger partial charge on any atom is -0.456 e. The van der Waals surface area contributed by atoms with Crippen molar-refractivity contribution < 1.29 is 8.83 Å². The van der Waals surface area contributed by atoms with Crippen LogP contribution in [0.4, 0.5) is 17.1 Å². The second-order valence-corrected chi connectivity index (χ2v) is 15.5. The topological polar surface area (TPSA) is 29.5 Å². The molecule has 9 aromatic carbocycles. The number of nitrogens with zero attached hydrogens (tertiary/aromatic N) is 1. The van der Waals surface area contributed by atoms with Gasteiger partial charge in [0.25, 0.3) is 0 Å². The maximum Gasteiger partial charge on any atom is 0.144 e. The first kappa shape index (κ1) is 31.2. The number of hydrogen-bond acceptors (Lipinski definition) is 4. The van der Waals surface area contributed by atoms with Crippen molar-refractivity contribution in [3.8, 4) is 22.3 Å². The van der Waals surface area contributed by atoms with Gasteiger partial charge in [0.1, 0.15) is 22.3 Å². The molecule has 0 aliphatic carbocycles. The Morgan fingerprint density at radius 1 is 0.411 bits per heavy atom. The van der Waals surface area contributed by atoms with Crippen LogP contribution in [-0.4, -0.2) is 0 Å². The zero-order valence-corrected chi connectivity index (χ0v) is 30.9. The zero-order chi connectivity index (χ0) is 36.7.